The second-order valence-electron chi connectivity index (χ2n) is 7.62. The molecule has 0 amide bonds. The van der Waals surface area contributed by atoms with Gasteiger partial charge in [0.1, 0.15) is 24.0 Å². The molecule has 0 saturated heterocycles. The molecule has 6 heteroatoms. The molecule has 168 valence electrons. The molecule has 1 heterocycles. The van der Waals surface area contributed by atoms with Crippen molar-refractivity contribution in [2.75, 3.05) is 7.11 Å². The van der Waals surface area contributed by atoms with Crippen LogP contribution in [-0.2, 0) is 11.4 Å². The Hall–Kier alpha value is -3.93. The summed E-state index contributed by atoms with van der Waals surface area (Å²) in [6.07, 6.45) is 0. The molecule has 3 aromatic carbocycles. The fourth-order valence-corrected chi connectivity index (χ4v) is 3.76. The average molecular weight is 446 g/mol. The average Bonchev–Trinajstić information content (AvgIpc) is 3.17. The molecule has 4 rings (SSSR count). The molecule has 0 aliphatic heterocycles. The van der Waals surface area contributed by atoms with Gasteiger partial charge in [0.15, 0.2) is 0 Å². The molecule has 0 spiro atoms. The minimum absolute atomic E-state index is 0.284. The van der Waals surface area contributed by atoms with Crippen molar-refractivity contribution in [2.24, 2.45) is 5.16 Å². The van der Waals surface area contributed by atoms with Crippen LogP contribution in [0.25, 0.3) is 16.9 Å². The van der Waals surface area contributed by atoms with E-state index in [-0.39, 0.29) is 18.2 Å². The molecule has 0 aliphatic carbocycles. The third-order valence-corrected chi connectivity index (χ3v) is 5.44. The molecule has 0 unspecified atom stereocenters. The smallest absolute Gasteiger partial charge is 0.147 e. The van der Waals surface area contributed by atoms with Crippen LogP contribution in [0.4, 0.5) is 8.78 Å². The zero-order chi connectivity index (χ0) is 23.4. The van der Waals surface area contributed by atoms with Gasteiger partial charge in [-0.15, -0.1) is 0 Å². The Labute approximate surface area is 191 Å². The molecule has 0 bridgehead atoms. The summed E-state index contributed by atoms with van der Waals surface area (Å²) in [4.78, 5) is 5.59. The topological polar surface area (TPSA) is 35.8 Å². The van der Waals surface area contributed by atoms with Crippen LogP contribution < -0.4 is 4.74 Å². The van der Waals surface area contributed by atoms with Crippen LogP contribution >= 0.6 is 0 Å². The van der Waals surface area contributed by atoms with Gasteiger partial charge in [0.2, 0.25) is 0 Å². The van der Waals surface area contributed by atoms with Gasteiger partial charge < -0.3 is 14.1 Å². The number of benzene rings is 3. The number of nitrogens with zero attached hydrogens (tertiary/aromatic N) is 2. The predicted molar refractivity (Wildman–Crippen MR) is 126 cm³/mol. The quantitative estimate of drug-likeness (QED) is 0.234. The van der Waals surface area contributed by atoms with E-state index < -0.39 is 0 Å². The molecule has 0 atom stereocenters. The van der Waals surface area contributed by atoms with Gasteiger partial charge in [0, 0.05) is 11.3 Å². The first kappa shape index (κ1) is 22.3. The van der Waals surface area contributed by atoms with Crippen molar-refractivity contribution < 1.29 is 18.4 Å². The van der Waals surface area contributed by atoms with Crippen LogP contribution in [0, 0.1) is 18.6 Å². The van der Waals surface area contributed by atoms with Crippen LogP contribution in [0.5, 0.6) is 5.75 Å². The summed E-state index contributed by atoms with van der Waals surface area (Å²) in [6.45, 7) is 4.02. The molecule has 4 nitrogen and oxygen atoms in total. The first-order valence-electron chi connectivity index (χ1n) is 10.5. The zero-order valence-electron chi connectivity index (χ0n) is 18.7. The number of aromatic nitrogens is 1. The SMILES string of the molecule is COc1cccc(CO/N=C(/C)c2cc(-c3ccc(F)cc3)n(-c3ccccc3F)c2C)c1. The van der Waals surface area contributed by atoms with Crippen molar-refractivity contribution in [2.45, 2.75) is 20.5 Å². The number of rotatable bonds is 7. The summed E-state index contributed by atoms with van der Waals surface area (Å²) in [5.41, 5.74) is 5.08. The zero-order valence-corrected chi connectivity index (χ0v) is 18.7. The van der Waals surface area contributed by atoms with E-state index in [1.165, 1.54) is 18.2 Å². The Morgan fingerprint density at radius 3 is 2.42 bits per heavy atom. The monoisotopic (exact) mass is 446 g/mol. The summed E-state index contributed by atoms with van der Waals surface area (Å²) in [6, 6.07) is 22.2. The van der Waals surface area contributed by atoms with Crippen LogP contribution in [-0.4, -0.2) is 17.4 Å². The van der Waals surface area contributed by atoms with Gasteiger partial charge in [0.25, 0.3) is 0 Å². The molecule has 1 aromatic heterocycles. The largest absolute Gasteiger partial charge is 0.497 e. The lowest BCUT2D eigenvalue weighted by Crippen LogP contribution is -2.04. The Balaban J connectivity index is 1.71. The van der Waals surface area contributed by atoms with E-state index in [2.05, 4.69) is 5.16 Å². The van der Waals surface area contributed by atoms with Gasteiger partial charge in [-0.25, -0.2) is 8.78 Å². The standard InChI is InChI=1S/C27H24F2N2O2/c1-18(30-33-17-20-7-6-8-23(15-20)32-3)24-16-27(21-11-13-22(28)14-12-21)31(19(24)2)26-10-5-4-9-25(26)29/h4-16H,17H2,1-3H3/b30-18-. The van der Waals surface area contributed by atoms with Crippen LogP contribution in [0.2, 0.25) is 0 Å². The first-order chi connectivity index (χ1) is 16.0. The van der Waals surface area contributed by atoms with Gasteiger partial charge in [-0.3, -0.25) is 0 Å². The molecular formula is C27H24F2N2O2. The Morgan fingerprint density at radius 2 is 1.70 bits per heavy atom. The number of methoxy groups -OCH3 is 1. The van der Waals surface area contributed by atoms with E-state index in [0.717, 1.165) is 33.8 Å². The lowest BCUT2D eigenvalue weighted by atomic mass is 10.1. The maximum absolute atomic E-state index is 14.7. The molecule has 0 fully saturated rings. The minimum Gasteiger partial charge on any atom is -0.497 e. The highest BCUT2D eigenvalue weighted by Gasteiger charge is 2.19. The lowest BCUT2D eigenvalue weighted by molar-refractivity contribution is 0.130. The van der Waals surface area contributed by atoms with E-state index in [0.29, 0.717) is 11.4 Å². The summed E-state index contributed by atoms with van der Waals surface area (Å²) in [5.74, 6) is 0.0666. The molecule has 0 aliphatic rings. The van der Waals surface area contributed by atoms with Gasteiger partial charge in [0.05, 0.1) is 24.2 Å². The molecule has 0 N–H and O–H groups in total. The van der Waals surface area contributed by atoms with E-state index in [1.54, 1.807) is 37.4 Å². The fourth-order valence-electron chi connectivity index (χ4n) is 3.76. The molecule has 0 saturated carbocycles. The fraction of sp³-hybridized carbons (Fsp3) is 0.148. The number of hydrogen-bond acceptors (Lipinski definition) is 3. The summed E-state index contributed by atoms with van der Waals surface area (Å²) in [7, 11) is 1.62. The van der Waals surface area contributed by atoms with Gasteiger partial charge in [-0.05, 0) is 79.6 Å². The number of hydrogen-bond donors (Lipinski definition) is 0. The van der Waals surface area contributed by atoms with Crippen molar-refractivity contribution in [3.05, 3.63) is 107 Å². The normalized spacial score (nSPS) is 11.5. The molecular weight excluding hydrogens is 422 g/mol. The Morgan fingerprint density at radius 1 is 0.939 bits per heavy atom. The lowest BCUT2D eigenvalue weighted by Gasteiger charge is -2.13. The molecule has 0 radical (unpaired) electrons. The second-order valence-corrected chi connectivity index (χ2v) is 7.62. The van der Waals surface area contributed by atoms with Gasteiger partial charge in [-0.2, -0.15) is 0 Å². The maximum Gasteiger partial charge on any atom is 0.147 e. The number of oxime groups is 1. The summed E-state index contributed by atoms with van der Waals surface area (Å²) >= 11 is 0. The van der Waals surface area contributed by atoms with Crippen molar-refractivity contribution in [1.29, 1.82) is 0 Å². The predicted octanol–water partition coefficient (Wildman–Crippen LogP) is 6.68. The van der Waals surface area contributed by atoms with Crippen LogP contribution in [0.1, 0.15) is 23.7 Å². The van der Waals surface area contributed by atoms with Crippen molar-refractivity contribution in [3.8, 4) is 22.7 Å². The van der Waals surface area contributed by atoms with E-state index in [9.17, 15) is 8.78 Å². The summed E-state index contributed by atoms with van der Waals surface area (Å²) in [5, 5.41) is 4.29. The highest BCUT2D eigenvalue weighted by Crippen LogP contribution is 2.31. The van der Waals surface area contributed by atoms with Crippen LogP contribution in [0.3, 0.4) is 0 Å². The summed E-state index contributed by atoms with van der Waals surface area (Å²) < 4.78 is 35.3. The number of ether oxygens (including phenoxy) is 1. The number of halogens is 2. The Kier molecular flexibility index (Phi) is 6.54. The third-order valence-electron chi connectivity index (χ3n) is 5.44. The van der Waals surface area contributed by atoms with E-state index in [1.807, 2.05) is 48.7 Å². The third kappa shape index (κ3) is 4.80. The van der Waals surface area contributed by atoms with E-state index >= 15 is 0 Å². The second kappa shape index (κ2) is 9.69. The van der Waals surface area contributed by atoms with Crippen molar-refractivity contribution in [1.82, 2.24) is 4.57 Å². The Bertz CT molecular complexity index is 1290. The van der Waals surface area contributed by atoms with Crippen molar-refractivity contribution in [3.63, 3.8) is 0 Å². The first-order valence-corrected chi connectivity index (χ1v) is 10.5. The molecule has 4 aromatic rings. The van der Waals surface area contributed by atoms with Gasteiger partial charge in [-0.1, -0.05) is 29.4 Å². The highest BCUT2D eigenvalue weighted by atomic mass is 19.1. The van der Waals surface area contributed by atoms with E-state index in [4.69, 9.17) is 9.57 Å². The maximum atomic E-state index is 14.7. The van der Waals surface area contributed by atoms with Crippen LogP contribution in [0.15, 0.2) is 84.0 Å². The minimum atomic E-state index is -0.352. The number of para-hydroxylation sites is 1. The van der Waals surface area contributed by atoms with Gasteiger partial charge >= 0.3 is 0 Å². The highest BCUT2D eigenvalue weighted by molar-refractivity contribution is 6.01. The van der Waals surface area contributed by atoms with Crippen molar-refractivity contribution >= 4 is 5.71 Å². The molecule has 33 heavy (non-hydrogen) atoms.